The lowest BCUT2D eigenvalue weighted by molar-refractivity contribution is -0.192. The van der Waals surface area contributed by atoms with E-state index < -0.39 is 12.1 Å². The number of carboxylic acid groups (broad SMARTS) is 1. The first-order valence-electron chi connectivity index (χ1n) is 10.7. The Kier molecular flexibility index (Phi) is 8.46. The van der Waals surface area contributed by atoms with Crippen molar-refractivity contribution in [1.82, 2.24) is 15.8 Å². The van der Waals surface area contributed by atoms with Gasteiger partial charge in [-0.15, -0.1) is 0 Å². The average molecular weight is 487 g/mol. The predicted molar refractivity (Wildman–Crippen MR) is 116 cm³/mol. The highest BCUT2D eigenvalue weighted by Crippen LogP contribution is 2.29. The normalized spacial score (nSPS) is 17.4. The molecule has 188 valence electrons. The van der Waals surface area contributed by atoms with Crippen LogP contribution in [0.5, 0.6) is 0 Å². The van der Waals surface area contributed by atoms with Crippen molar-refractivity contribution in [3.05, 3.63) is 41.8 Å². The molecule has 34 heavy (non-hydrogen) atoms. The standard InChI is InChI=1S/C21H28FN3O2.C2HF3O2/c1-20(2)11-17(12-21(3,4)25-20)24-18(26)10-7-15-13-23-27-19(15)14-5-8-16(22)9-6-14;3-2(4,5)1(6)7/h5-6,8-9,13,17,25H,7,10-12H2,1-4H3,(H,24,26);(H,6,7). The molecule has 0 atom stereocenters. The second-order valence-electron chi connectivity index (χ2n) is 9.56. The minimum atomic E-state index is -5.08. The van der Waals surface area contributed by atoms with E-state index in [4.69, 9.17) is 14.4 Å². The van der Waals surface area contributed by atoms with Crippen molar-refractivity contribution in [1.29, 1.82) is 0 Å². The molecule has 0 unspecified atom stereocenters. The monoisotopic (exact) mass is 487 g/mol. The number of carboxylic acids is 1. The van der Waals surface area contributed by atoms with E-state index in [-0.39, 0.29) is 28.8 Å². The van der Waals surface area contributed by atoms with Gasteiger partial charge < -0.3 is 20.3 Å². The fourth-order valence-corrected chi connectivity index (χ4v) is 4.25. The molecule has 1 amide bonds. The molecule has 3 N–H and O–H groups in total. The summed E-state index contributed by atoms with van der Waals surface area (Å²) in [6.45, 7) is 8.66. The molecule has 1 aliphatic heterocycles. The number of nitrogens with one attached hydrogen (secondary N) is 2. The summed E-state index contributed by atoms with van der Waals surface area (Å²) in [5, 5.41) is 17.8. The predicted octanol–water partition coefficient (Wildman–Crippen LogP) is 4.47. The third-order valence-electron chi connectivity index (χ3n) is 5.17. The van der Waals surface area contributed by atoms with E-state index in [0.29, 0.717) is 18.6 Å². The number of aromatic nitrogens is 1. The van der Waals surface area contributed by atoms with E-state index in [2.05, 4.69) is 43.5 Å². The minimum absolute atomic E-state index is 0.00999. The summed E-state index contributed by atoms with van der Waals surface area (Å²) < 4.78 is 50.2. The number of aliphatic carboxylic acids is 1. The first-order valence-corrected chi connectivity index (χ1v) is 10.7. The van der Waals surface area contributed by atoms with Gasteiger partial charge in [-0.25, -0.2) is 9.18 Å². The number of hydrogen-bond donors (Lipinski definition) is 3. The molecular formula is C23H29F4N3O4. The van der Waals surface area contributed by atoms with Crippen LogP contribution in [-0.2, 0) is 16.0 Å². The van der Waals surface area contributed by atoms with Gasteiger partial charge in [0, 0.05) is 34.7 Å². The molecule has 2 heterocycles. The van der Waals surface area contributed by atoms with Crippen LogP contribution in [0, 0.1) is 5.82 Å². The van der Waals surface area contributed by atoms with Crippen molar-refractivity contribution in [3.8, 4) is 11.3 Å². The zero-order valence-corrected chi connectivity index (χ0v) is 19.4. The molecular weight excluding hydrogens is 458 g/mol. The van der Waals surface area contributed by atoms with Gasteiger partial charge in [0.2, 0.25) is 5.91 Å². The molecule has 1 fully saturated rings. The van der Waals surface area contributed by atoms with Crippen LogP contribution in [0.25, 0.3) is 11.3 Å². The van der Waals surface area contributed by atoms with Gasteiger partial charge in [-0.1, -0.05) is 5.16 Å². The van der Waals surface area contributed by atoms with Gasteiger partial charge in [0.1, 0.15) is 5.82 Å². The van der Waals surface area contributed by atoms with Crippen molar-refractivity contribution in [2.24, 2.45) is 0 Å². The van der Waals surface area contributed by atoms with E-state index in [0.717, 1.165) is 24.0 Å². The Morgan fingerprint density at radius 1 is 1.15 bits per heavy atom. The molecule has 0 saturated carbocycles. The Morgan fingerprint density at radius 3 is 2.18 bits per heavy atom. The molecule has 0 radical (unpaired) electrons. The first-order chi connectivity index (χ1) is 15.6. The van der Waals surface area contributed by atoms with Gasteiger partial charge in [-0.2, -0.15) is 13.2 Å². The molecule has 3 rings (SSSR count). The maximum Gasteiger partial charge on any atom is 0.490 e. The second-order valence-corrected chi connectivity index (χ2v) is 9.56. The maximum absolute atomic E-state index is 13.1. The zero-order valence-electron chi connectivity index (χ0n) is 19.4. The number of rotatable bonds is 5. The molecule has 1 aromatic carbocycles. The SMILES string of the molecule is CC1(C)CC(NC(=O)CCc2cnoc2-c2ccc(F)cc2)CC(C)(C)N1.O=C(O)C(F)(F)F. The zero-order chi connectivity index (χ0) is 25.7. The largest absolute Gasteiger partial charge is 0.490 e. The third-order valence-corrected chi connectivity index (χ3v) is 5.17. The Labute approximate surface area is 194 Å². The van der Waals surface area contributed by atoms with E-state index in [1.807, 2.05) is 0 Å². The lowest BCUT2D eigenvalue weighted by Crippen LogP contribution is -2.62. The summed E-state index contributed by atoms with van der Waals surface area (Å²) in [5.41, 5.74) is 1.59. The smallest absolute Gasteiger partial charge is 0.475 e. The summed E-state index contributed by atoms with van der Waals surface area (Å²) in [6.07, 6.45) is -0.769. The Morgan fingerprint density at radius 2 is 1.68 bits per heavy atom. The van der Waals surface area contributed by atoms with Crippen LogP contribution >= 0.6 is 0 Å². The van der Waals surface area contributed by atoms with Gasteiger partial charge in [-0.05, 0) is 71.2 Å². The number of piperidine rings is 1. The summed E-state index contributed by atoms with van der Waals surface area (Å²) >= 11 is 0. The summed E-state index contributed by atoms with van der Waals surface area (Å²) in [6, 6.07) is 6.23. The molecule has 0 aliphatic carbocycles. The number of alkyl halides is 3. The summed E-state index contributed by atoms with van der Waals surface area (Å²) in [4.78, 5) is 21.4. The highest BCUT2D eigenvalue weighted by atomic mass is 19.4. The lowest BCUT2D eigenvalue weighted by Gasteiger charge is -2.46. The van der Waals surface area contributed by atoms with Crippen LogP contribution in [0.3, 0.4) is 0 Å². The third kappa shape index (κ3) is 8.44. The van der Waals surface area contributed by atoms with Crippen molar-refractivity contribution < 1.29 is 36.8 Å². The molecule has 1 saturated heterocycles. The van der Waals surface area contributed by atoms with E-state index in [9.17, 15) is 22.4 Å². The molecule has 1 aliphatic rings. The van der Waals surface area contributed by atoms with Crippen LogP contribution in [0.2, 0.25) is 0 Å². The van der Waals surface area contributed by atoms with Crippen LogP contribution in [0.4, 0.5) is 17.6 Å². The van der Waals surface area contributed by atoms with Gasteiger partial charge in [-0.3, -0.25) is 4.79 Å². The van der Waals surface area contributed by atoms with E-state index >= 15 is 0 Å². The van der Waals surface area contributed by atoms with Gasteiger partial charge in [0.15, 0.2) is 5.76 Å². The van der Waals surface area contributed by atoms with Crippen LogP contribution in [-0.4, -0.2) is 45.4 Å². The Hall–Kier alpha value is -2.95. The minimum Gasteiger partial charge on any atom is -0.475 e. The molecule has 0 bridgehead atoms. The molecule has 2 aromatic rings. The maximum atomic E-state index is 13.1. The number of aryl methyl sites for hydroxylation is 1. The van der Waals surface area contributed by atoms with Crippen molar-refractivity contribution in [3.63, 3.8) is 0 Å². The van der Waals surface area contributed by atoms with E-state index in [1.165, 1.54) is 12.1 Å². The average Bonchev–Trinajstić information content (AvgIpc) is 3.12. The van der Waals surface area contributed by atoms with E-state index in [1.54, 1.807) is 18.3 Å². The first kappa shape index (κ1) is 27.3. The van der Waals surface area contributed by atoms with Crippen LogP contribution < -0.4 is 10.6 Å². The Bertz CT molecular complexity index is 969. The van der Waals surface area contributed by atoms with Gasteiger partial charge in [0.25, 0.3) is 0 Å². The number of benzene rings is 1. The number of nitrogens with zero attached hydrogens (tertiary/aromatic N) is 1. The van der Waals surface area contributed by atoms with Crippen LogP contribution in [0.1, 0.15) is 52.5 Å². The quantitative estimate of drug-likeness (QED) is 0.538. The number of halogens is 4. The number of carbonyl (C=O) groups is 2. The molecule has 1 aromatic heterocycles. The van der Waals surface area contributed by atoms with Crippen LogP contribution in [0.15, 0.2) is 35.0 Å². The van der Waals surface area contributed by atoms with Gasteiger partial charge >= 0.3 is 12.1 Å². The highest BCUT2D eigenvalue weighted by molar-refractivity contribution is 5.77. The Balaban J connectivity index is 0.000000509. The van der Waals surface area contributed by atoms with Crippen molar-refractivity contribution in [2.75, 3.05) is 0 Å². The number of amides is 1. The summed E-state index contributed by atoms with van der Waals surface area (Å²) in [5.74, 6) is -2.44. The molecule has 0 spiro atoms. The fourth-order valence-electron chi connectivity index (χ4n) is 4.25. The lowest BCUT2D eigenvalue weighted by atomic mass is 9.79. The summed E-state index contributed by atoms with van der Waals surface area (Å²) in [7, 11) is 0. The molecule has 7 nitrogen and oxygen atoms in total. The fraction of sp³-hybridized carbons (Fsp3) is 0.522. The number of hydrogen-bond acceptors (Lipinski definition) is 5. The van der Waals surface area contributed by atoms with Crippen molar-refractivity contribution in [2.45, 2.75) is 76.7 Å². The van der Waals surface area contributed by atoms with Crippen molar-refractivity contribution >= 4 is 11.9 Å². The number of carbonyl (C=O) groups excluding carboxylic acids is 1. The van der Waals surface area contributed by atoms with Gasteiger partial charge in [0.05, 0.1) is 6.20 Å². The highest BCUT2D eigenvalue weighted by Gasteiger charge is 2.39. The second kappa shape index (κ2) is 10.5. The molecule has 11 heteroatoms. The topological polar surface area (TPSA) is 104 Å².